The molecule has 2 aromatic rings. The Balaban J connectivity index is 2.54. The van der Waals surface area contributed by atoms with Gasteiger partial charge in [-0.2, -0.15) is 0 Å². The highest BCUT2D eigenvalue weighted by molar-refractivity contribution is 9.11. The molecule has 0 saturated heterocycles. The molecule has 0 aliphatic heterocycles. The standard InChI is InChI=1S/C10H5Br3N2/c11-6-1-2-14-8(3-6)9-4-7(12)5-10(13)15-9/h1-5H. The van der Waals surface area contributed by atoms with Gasteiger partial charge in [0.15, 0.2) is 0 Å². The fraction of sp³-hybridized carbons (Fsp3) is 0. The van der Waals surface area contributed by atoms with Crippen molar-refractivity contribution in [1.82, 2.24) is 9.97 Å². The minimum atomic E-state index is 0.786. The summed E-state index contributed by atoms with van der Waals surface area (Å²) < 4.78 is 2.75. The molecule has 0 amide bonds. The maximum Gasteiger partial charge on any atom is 0.107 e. The summed E-state index contributed by atoms with van der Waals surface area (Å²) in [5.41, 5.74) is 1.67. The molecule has 2 aromatic heterocycles. The Hall–Kier alpha value is -0.260. The van der Waals surface area contributed by atoms with E-state index in [4.69, 9.17) is 0 Å². The summed E-state index contributed by atoms with van der Waals surface area (Å²) in [7, 11) is 0. The van der Waals surface area contributed by atoms with Gasteiger partial charge in [0.05, 0.1) is 11.4 Å². The molecule has 0 aromatic carbocycles. The van der Waals surface area contributed by atoms with E-state index in [0.717, 1.165) is 24.9 Å². The molecule has 2 nitrogen and oxygen atoms in total. The third kappa shape index (κ3) is 2.86. The van der Waals surface area contributed by atoms with Crippen molar-refractivity contribution in [2.45, 2.75) is 0 Å². The van der Waals surface area contributed by atoms with E-state index < -0.39 is 0 Å². The van der Waals surface area contributed by atoms with Crippen molar-refractivity contribution in [2.75, 3.05) is 0 Å². The van der Waals surface area contributed by atoms with Gasteiger partial charge in [-0.05, 0) is 40.2 Å². The summed E-state index contributed by atoms with van der Waals surface area (Å²) in [5.74, 6) is 0. The van der Waals surface area contributed by atoms with Crippen LogP contribution in [0.2, 0.25) is 0 Å². The predicted octanol–water partition coefficient (Wildman–Crippen LogP) is 4.43. The first kappa shape index (κ1) is 11.2. The highest BCUT2D eigenvalue weighted by Gasteiger charge is 2.04. The lowest BCUT2D eigenvalue weighted by atomic mass is 10.2. The van der Waals surface area contributed by atoms with Gasteiger partial charge in [-0.3, -0.25) is 4.98 Å². The third-order valence-corrected chi connectivity index (χ3v) is 3.10. The van der Waals surface area contributed by atoms with Gasteiger partial charge in [0.2, 0.25) is 0 Å². The van der Waals surface area contributed by atoms with Crippen molar-refractivity contribution in [3.05, 3.63) is 44.0 Å². The highest BCUT2D eigenvalue weighted by Crippen LogP contribution is 2.24. The monoisotopic (exact) mass is 390 g/mol. The molecule has 0 atom stereocenters. The second-order valence-corrected chi connectivity index (χ2v) is 5.50. The average molecular weight is 393 g/mol. The van der Waals surface area contributed by atoms with Crippen molar-refractivity contribution in [3.63, 3.8) is 0 Å². The van der Waals surface area contributed by atoms with Crippen LogP contribution >= 0.6 is 47.8 Å². The number of rotatable bonds is 1. The molecular weight excluding hydrogens is 388 g/mol. The smallest absolute Gasteiger partial charge is 0.107 e. The molecule has 2 heterocycles. The van der Waals surface area contributed by atoms with E-state index in [9.17, 15) is 0 Å². The first-order valence-electron chi connectivity index (χ1n) is 4.10. The van der Waals surface area contributed by atoms with E-state index in [-0.39, 0.29) is 0 Å². The fourth-order valence-corrected chi connectivity index (χ4v) is 2.66. The Morgan fingerprint density at radius 2 is 1.60 bits per heavy atom. The molecule has 0 aliphatic carbocycles. The van der Waals surface area contributed by atoms with Crippen LogP contribution < -0.4 is 0 Å². The number of aromatic nitrogens is 2. The summed E-state index contributed by atoms with van der Waals surface area (Å²) in [6.07, 6.45) is 1.75. The Labute approximate surface area is 113 Å². The zero-order chi connectivity index (χ0) is 10.8. The van der Waals surface area contributed by atoms with Gasteiger partial charge in [0.1, 0.15) is 4.60 Å². The van der Waals surface area contributed by atoms with Gasteiger partial charge < -0.3 is 0 Å². The Morgan fingerprint density at radius 3 is 2.27 bits per heavy atom. The van der Waals surface area contributed by atoms with Crippen molar-refractivity contribution in [3.8, 4) is 11.4 Å². The molecule has 15 heavy (non-hydrogen) atoms. The number of nitrogens with zero attached hydrogens (tertiary/aromatic N) is 2. The minimum absolute atomic E-state index is 0.786. The molecule has 0 unspecified atom stereocenters. The Morgan fingerprint density at radius 1 is 0.867 bits per heavy atom. The van der Waals surface area contributed by atoms with E-state index in [0.29, 0.717) is 0 Å². The molecule has 0 spiro atoms. The number of halogens is 3. The van der Waals surface area contributed by atoms with Crippen molar-refractivity contribution in [1.29, 1.82) is 0 Å². The number of pyridine rings is 2. The molecule has 0 bridgehead atoms. The summed E-state index contributed by atoms with van der Waals surface area (Å²) >= 11 is 10.2. The van der Waals surface area contributed by atoms with Gasteiger partial charge in [-0.15, -0.1) is 0 Å². The maximum atomic E-state index is 4.35. The zero-order valence-electron chi connectivity index (χ0n) is 7.42. The number of hydrogen-bond acceptors (Lipinski definition) is 2. The van der Waals surface area contributed by atoms with Gasteiger partial charge >= 0.3 is 0 Å². The Bertz CT molecular complexity index is 480. The summed E-state index contributed by atoms with van der Waals surface area (Å²) in [4.78, 5) is 8.61. The lowest BCUT2D eigenvalue weighted by Gasteiger charge is -2.02. The second kappa shape index (κ2) is 4.72. The van der Waals surface area contributed by atoms with Crippen LogP contribution in [-0.4, -0.2) is 9.97 Å². The molecule has 0 radical (unpaired) electrons. The molecule has 0 aliphatic rings. The van der Waals surface area contributed by atoms with Gasteiger partial charge in [0, 0.05) is 15.1 Å². The normalized spacial score (nSPS) is 10.3. The summed E-state index contributed by atoms with van der Waals surface area (Å²) in [6, 6.07) is 7.64. The van der Waals surface area contributed by atoms with Crippen molar-refractivity contribution < 1.29 is 0 Å². The lowest BCUT2D eigenvalue weighted by molar-refractivity contribution is 1.21. The first-order valence-corrected chi connectivity index (χ1v) is 6.48. The van der Waals surface area contributed by atoms with Gasteiger partial charge in [0.25, 0.3) is 0 Å². The number of hydrogen-bond donors (Lipinski definition) is 0. The van der Waals surface area contributed by atoms with Crippen LogP contribution in [0.5, 0.6) is 0 Å². The lowest BCUT2D eigenvalue weighted by Crippen LogP contribution is -1.87. The van der Waals surface area contributed by atoms with Crippen LogP contribution in [0, 0.1) is 0 Å². The molecule has 2 rings (SSSR count). The molecule has 0 N–H and O–H groups in total. The second-order valence-electron chi connectivity index (χ2n) is 2.85. The molecule has 0 fully saturated rings. The quantitative estimate of drug-likeness (QED) is 0.671. The molecular formula is C10H5Br3N2. The molecule has 5 heteroatoms. The maximum absolute atomic E-state index is 4.35. The first-order chi connectivity index (χ1) is 7.15. The van der Waals surface area contributed by atoms with Crippen LogP contribution in [0.4, 0.5) is 0 Å². The molecule has 0 saturated carbocycles. The predicted molar refractivity (Wildman–Crippen MR) is 70.6 cm³/mol. The average Bonchev–Trinajstić information content (AvgIpc) is 2.16. The van der Waals surface area contributed by atoms with Crippen LogP contribution in [0.25, 0.3) is 11.4 Å². The Kier molecular flexibility index (Phi) is 3.53. The SMILES string of the molecule is Brc1ccnc(-c2cc(Br)cc(Br)n2)c1. The van der Waals surface area contributed by atoms with Gasteiger partial charge in [-0.25, -0.2) is 4.98 Å². The van der Waals surface area contributed by atoms with Crippen LogP contribution in [0.15, 0.2) is 44.0 Å². The fourth-order valence-electron chi connectivity index (χ4n) is 1.14. The third-order valence-electron chi connectivity index (χ3n) is 1.74. The van der Waals surface area contributed by atoms with Gasteiger partial charge in [-0.1, -0.05) is 31.9 Å². The van der Waals surface area contributed by atoms with E-state index in [1.807, 2.05) is 24.3 Å². The van der Waals surface area contributed by atoms with E-state index in [1.165, 1.54) is 0 Å². The topological polar surface area (TPSA) is 25.8 Å². The minimum Gasteiger partial charge on any atom is -0.255 e. The van der Waals surface area contributed by atoms with Crippen LogP contribution in [0.1, 0.15) is 0 Å². The molecule has 76 valence electrons. The largest absolute Gasteiger partial charge is 0.255 e. The highest BCUT2D eigenvalue weighted by atomic mass is 79.9. The van der Waals surface area contributed by atoms with Crippen LogP contribution in [0.3, 0.4) is 0 Å². The van der Waals surface area contributed by atoms with Crippen molar-refractivity contribution in [2.24, 2.45) is 0 Å². The summed E-state index contributed by atoms with van der Waals surface area (Å²) in [6.45, 7) is 0. The van der Waals surface area contributed by atoms with Crippen molar-refractivity contribution >= 4 is 47.8 Å². The summed E-state index contributed by atoms with van der Waals surface area (Å²) in [5, 5.41) is 0. The van der Waals surface area contributed by atoms with E-state index in [1.54, 1.807) is 6.20 Å². The van der Waals surface area contributed by atoms with E-state index in [2.05, 4.69) is 57.8 Å². The van der Waals surface area contributed by atoms with Crippen LogP contribution in [-0.2, 0) is 0 Å². The zero-order valence-corrected chi connectivity index (χ0v) is 12.2. The van der Waals surface area contributed by atoms with E-state index >= 15 is 0 Å².